The smallest absolute Gasteiger partial charge is 0.116 e. The largest absolute Gasteiger partial charge is 0.245 e. The predicted octanol–water partition coefficient (Wildman–Crippen LogP) is 2.28. The lowest BCUT2D eigenvalue weighted by molar-refractivity contribution is 0.907. The normalized spacial score (nSPS) is 10.1. The summed E-state index contributed by atoms with van der Waals surface area (Å²) in [6.07, 6.45) is 5.74. The molecule has 0 aliphatic carbocycles. The Morgan fingerprint density at radius 1 is 1.42 bits per heavy atom. The van der Waals surface area contributed by atoms with E-state index in [-0.39, 0.29) is 0 Å². The van der Waals surface area contributed by atoms with Crippen molar-refractivity contribution in [3.63, 3.8) is 0 Å². The second-order valence-corrected chi connectivity index (χ2v) is 3.89. The number of thioether (sulfide) groups is 1. The molecule has 0 amide bonds. The summed E-state index contributed by atoms with van der Waals surface area (Å²) < 4.78 is 0. The molecule has 0 fully saturated rings. The zero-order valence-electron chi connectivity index (χ0n) is 6.81. The molecule has 0 bridgehead atoms. The van der Waals surface area contributed by atoms with Crippen LogP contribution in [0.4, 0.5) is 0 Å². The minimum Gasteiger partial charge on any atom is -0.245 e. The van der Waals surface area contributed by atoms with Crippen LogP contribution in [0.5, 0.6) is 0 Å². The van der Waals surface area contributed by atoms with Gasteiger partial charge in [-0.3, -0.25) is 0 Å². The van der Waals surface area contributed by atoms with Gasteiger partial charge in [-0.25, -0.2) is 9.97 Å². The van der Waals surface area contributed by atoms with E-state index in [1.165, 1.54) is 12.8 Å². The summed E-state index contributed by atoms with van der Waals surface area (Å²) in [5.74, 6) is 2.10. The van der Waals surface area contributed by atoms with E-state index in [4.69, 9.17) is 0 Å². The predicted molar refractivity (Wildman–Crippen MR) is 55.8 cm³/mol. The van der Waals surface area contributed by atoms with Gasteiger partial charge in [0.05, 0.1) is 5.03 Å². The summed E-state index contributed by atoms with van der Waals surface area (Å²) in [4.78, 5) is 7.96. The molecular weight excluding hydrogens is 188 g/mol. The molecule has 1 heterocycles. The first kappa shape index (κ1) is 9.86. The Hall–Kier alpha value is -0.220. The molecular formula is C8H12N2S2. The average Bonchev–Trinajstić information content (AvgIpc) is 2.14. The lowest BCUT2D eigenvalue weighted by Crippen LogP contribution is -1.84. The summed E-state index contributed by atoms with van der Waals surface area (Å²) in [5, 5.41) is 1.06. The van der Waals surface area contributed by atoms with Crippen molar-refractivity contribution in [1.29, 1.82) is 0 Å². The van der Waals surface area contributed by atoms with Gasteiger partial charge in [-0.15, -0.1) is 11.8 Å². The minimum atomic E-state index is 0.977. The van der Waals surface area contributed by atoms with E-state index in [9.17, 15) is 0 Å². The van der Waals surface area contributed by atoms with Crippen molar-refractivity contribution in [2.24, 2.45) is 0 Å². The molecule has 4 heteroatoms. The second kappa shape index (κ2) is 6.31. The summed E-state index contributed by atoms with van der Waals surface area (Å²) in [5.41, 5.74) is 0. The highest BCUT2D eigenvalue weighted by molar-refractivity contribution is 7.99. The van der Waals surface area contributed by atoms with Crippen LogP contribution in [0.1, 0.15) is 12.8 Å². The van der Waals surface area contributed by atoms with Crippen LogP contribution in [0.25, 0.3) is 0 Å². The van der Waals surface area contributed by atoms with Crippen LogP contribution in [0.3, 0.4) is 0 Å². The van der Waals surface area contributed by atoms with Gasteiger partial charge in [0.25, 0.3) is 0 Å². The highest BCUT2D eigenvalue weighted by Crippen LogP contribution is 2.14. The van der Waals surface area contributed by atoms with Gasteiger partial charge in [0.2, 0.25) is 0 Å². The lowest BCUT2D eigenvalue weighted by atomic mass is 10.4. The molecule has 1 aromatic heterocycles. The third-order valence-corrected chi connectivity index (χ3v) is 2.70. The Kier molecular flexibility index (Phi) is 5.19. The highest BCUT2D eigenvalue weighted by atomic mass is 32.2. The Morgan fingerprint density at radius 3 is 3.00 bits per heavy atom. The Balaban J connectivity index is 2.16. The summed E-state index contributed by atoms with van der Waals surface area (Å²) in [7, 11) is 0. The fourth-order valence-corrected chi connectivity index (χ4v) is 1.81. The molecule has 66 valence electrons. The Bertz CT molecular complexity index is 203. The van der Waals surface area contributed by atoms with Gasteiger partial charge in [-0.2, -0.15) is 12.6 Å². The number of nitrogens with zero attached hydrogens (tertiary/aromatic N) is 2. The number of thiol groups is 1. The summed E-state index contributed by atoms with van der Waals surface area (Å²) in [6.45, 7) is 0. The number of hydrogen-bond donors (Lipinski definition) is 1. The molecule has 0 aromatic carbocycles. The van der Waals surface area contributed by atoms with Crippen LogP contribution in [0.15, 0.2) is 23.6 Å². The van der Waals surface area contributed by atoms with E-state index >= 15 is 0 Å². The molecule has 0 aliphatic rings. The van der Waals surface area contributed by atoms with Crippen molar-refractivity contribution in [2.45, 2.75) is 17.9 Å². The third-order valence-electron chi connectivity index (χ3n) is 1.36. The Morgan fingerprint density at radius 2 is 2.33 bits per heavy atom. The maximum absolute atomic E-state index is 4.15. The topological polar surface area (TPSA) is 25.8 Å². The van der Waals surface area contributed by atoms with E-state index in [1.54, 1.807) is 24.3 Å². The van der Waals surface area contributed by atoms with Crippen molar-refractivity contribution < 1.29 is 0 Å². The van der Waals surface area contributed by atoms with Crippen molar-refractivity contribution >= 4 is 24.4 Å². The zero-order valence-corrected chi connectivity index (χ0v) is 8.52. The molecule has 0 saturated heterocycles. The number of unbranched alkanes of at least 4 members (excludes halogenated alkanes) is 1. The number of rotatable bonds is 5. The van der Waals surface area contributed by atoms with E-state index in [2.05, 4.69) is 22.6 Å². The highest BCUT2D eigenvalue weighted by Gasteiger charge is 1.92. The lowest BCUT2D eigenvalue weighted by Gasteiger charge is -1.97. The van der Waals surface area contributed by atoms with Crippen LogP contribution >= 0.6 is 24.4 Å². The van der Waals surface area contributed by atoms with E-state index in [0.717, 1.165) is 16.5 Å². The molecule has 0 aliphatic heterocycles. The monoisotopic (exact) mass is 200 g/mol. The molecule has 1 aromatic rings. The van der Waals surface area contributed by atoms with E-state index < -0.39 is 0 Å². The zero-order chi connectivity index (χ0) is 8.65. The summed E-state index contributed by atoms with van der Waals surface area (Å²) in [6, 6.07) is 1.94. The van der Waals surface area contributed by atoms with Crippen molar-refractivity contribution in [3.8, 4) is 0 Å². The minimum absolute atomic E-state index is 0.977. The molecule has 2 nitrogen and oxygen atoms in total. The fourth-order valence-electron chi connectivity index (χ4n) is 0.755. The van der Waals surface area contributed by atoms with Gasteiger partial charge >= 0.3 is 0 Å². The number of hydrogen-bond acceptors (Lipinski definition) is 4. The van der Waals surface area contributed by atoms with Crippen LogP contribution in [-0.4, -0.2) is 21.5 Å². The quantitative estimate of drug-likeness (QED) is 0.342. The van der Waals surface area contributed by atoms with Crippen LogP contribution in [-0.2, 0) is 0 Å². The molecule has 0 unspecified atom stereocenters. The molecule has 0 radical (unpaired) electrons. The van der Waals surface area contributed by atoms with Crippen molar-refractivity contribution in [1.82, 2.24) is 9.97 Å². The van der Waals surface area contributed by atoms with Gasteiger partial charge in [-0.1, -0.05) is 0 Å². The maximum Gasteiger partial charge on any atom is 0.116 e. The molecule has 0 atom stereocenters. The average molecular weight is 200 g/mol. The fraction of sp³-hybridized carbons (Fsp3) is 0.500. The first-order valence-electron chi connectivity index (χ1n) is 3.93. The van der Waals surface area contributed by atoms with Crippen molar-refractivity contribution in [3.05, 3.63) is 18.6 Å². The molecule has 0 saturated carbocycles. The molecule has 12 heavy (non-hydrogen) atoms. The maximum atomic E-state index is 4.15. The third kappa shape index (κ3) is 3.97. The molecule has 0 N–H and O–H groups in total. The SMILES string of the molecule is SCCCCSc1ccncn1. The second-order valence-electron chi connectivity index (χ2n) is 2.33. The first-order chi connectivity index (χ1) is 5.93. The van der Waals surface area contributed by atoms with Gasteiger partial charge in [0.1, 0.15) is 6.33 Å². The number of aromatic nitrogens is 2. The Labute approximate surface area is 82.6 Å². The van der Waals surface area contributed by atoms with Gasteiger partial charge in [0, 0.05) is 6.20 Å². The first-order valence-corrected chi connectivity index (χ1v) is 5.55. The molecule has 1 rings (SSSR count). The van der Waals surface area contributed by atoms with Crippen molar-refractivity contribution in [2.75, 3.05) is 11.5 Å². The van der Waals surface area contributed by atoms with Gasteiger partial charge in [0.15, 0.2) is 0 Å². The van der Waals surface area contributed by atoms with E-state index in [0.29, 0.717) is 0 Å². The molecule has 0 spiro atoms. The summed E-state index contributed by atoms with van der Waals surface area (Å²) >= 11 is 5.92. The van der Waals surface area contributed by atoms with Crippen LogP contribution in [0.2, 0.25) is 0 Å². The van der Waals surface area contributed by atoms with E-state index in [1.807, 2.05) is 6.07 Å². The van der Waals surface area contributed by atoms with Gasteiger partial charge in [-0.05, 0) is 30.4 Å². The van der Waals surface area contributed by atoms with Crippen LogP contribution in [0, 0.1) is 0 Å². The van der Waals surface area contributed by atoms with Crippen LogP contribution < -0.4 is 0 Å². The van der Waals surface area contributed by atoms with Gasteiger partial charge < -0.3 is 0 Å². The standard InChI is InChI=1S/C8H12N2S2/c11-5-1-2-6-12-8-3-4-9-7-10-8/h3-4,7,11H,1-2,5-6H2.